The summed E-state index contributed by atoms with van der Waals surface area (Å²) in [4.78, 5) is 30.8. The molecule has 0 atom stereocenters. The van der Waals surface area contributed by atoms with E-state index >= 15 is 0 Å². The van der Waals surface area contributed by atoms with Crippen LogP contribution in [0.1, 0.15) is 18.4 Å². The smallest absolute Gasteiger partial charge is 0.238 e. The lowest BCUT2D eigenvalue weighted by Crippen LogP contribution is -2.48. The van der Waals surface area contributed by atoms with Crippen molar-refractivity contribution in [3.05, 3.63) is 48.0 Å². The van der Waals surface area contributed by atoms with Crippen molar-refractivity contribution in [2.45, 2.75) is 19.4 Å². The molecule has 0 aromatic heterocycles. The van der Waals surface area contributed by atoms with Crippen LogP contribution >= 0.6 is 0 Å². The summed E-state index contributed by atoms with van der Waals surface area (Å²) in [5.74, 6) is 1.62. The van der Waals surface area contributed by atoms with Gasteiger partial charge in [0.05, 0.1) is 20.8 Å². The summed E-state index contributed by atoms with van der Waals surface area (Å²) in [6.45, 7) is 5.47. The van der Waals surface area contributed by atoms with E-state index in [4.69, 9.17) is 9.47 Å². The largest absolute Gasteiger partial charge is 0.493 e. The van der Waals surface area contributed by atoms with Gasteiger partial charge in [-0.2, -0.15) is 0 Å². The lowest BCUT2D eigenvalue weighted by molar-refractivity contribution is -0.118. The van der Waals surface area contributed by atoms with Gasteiger partial charge in [0.25, 0.3) is 0 Å². The van der Waals surface area contributed by atoms with E-state index in [1.165, 1.54) is 5.56 Å². The van der Waals surface area contributed by atoms with E-state index in [9.17, 15) is 9.59 Å². The lowest BCUT2D eigenvalue weighted by Gasteiger charge is -2.34. The molecule has 8 nitrogen and oxygen atoms in total. The van der Waals surface area contributed by atoms with E-state index in [2.05, 4.69) is 21.2 Å². The fraction of sp³-hybridized carbons (Fsp3) is 0.440. The van der Waals surface area contributed by atoms with Crippen LogP contribution in [0.3, 0.4) is 0 Å². The SMILES string of the molecule is COc1ccc(CN2CCN(CC(=O)Nc3ccc(N4CCCC4=O)cc3)CC2)cc1OC. The second kappa shape index (κ2) is 10.7. The van der Waals surface area contributed by atoms with Crippen molar-refractivity contribution in [1.29, 1.82) is 0 Å². The number of ether oxygens (including phenoxy) is 2. The molecule has 2 amide bonds. The van der Waals surface area contributed by atoms with Crippen molar-refractivity contribution in [1.82, 2.24) is 9.80 Å². The van der Waals surface area contributed by atoms with E-state index in [1.54, 1.807) is 19.1 Å². The van der Waals surface area contributed by atoms with Crippen molar-refractivity contribution in [2.75, 3.05) is 63.7 Å². The molecule has 1 N–H and O–H groups in total. The fourth-order valence-corrected chi connectivity index (χ4v) is 4.39. The summed E-state index contributed by atoms with van der Waals surface area (Å²) in [6.07, 6.45) is 1.51. The van der Waals surface area contributed by atoms with Crippen molar-refractivity contribution in [3.63, 3.8) is 0 Å². The van der Waals surface area contributed by atoms with Gasteiger partial charge in [-0.3, -0.25) is 19.4 Å². The molecule has 2 heterocycles. The maximum atomic E-state index is 12.5. The Morgan fingerprint density at radius 2 is 1.61 bits per heavy atom. The van der Waals surface area contributed by atoms with Crippen LogP contribution in [0.15, 0.2) is 42.5 Å². The average molecular weight is 453 g/mol. The minimum atomic E-state index is -0.0201. The predicted molar refractivity (Wildman–Crippen MR) is 128 cm³/mol. The molecule has 0 saturated carbocycles. The molecular weight excluding hydrogens is 420 g/mol. The highest BCUT2D eigenvalue weighted by Crippen LogP contribution is 2.28. The van der Waals surface area contributed by atoms with Gasteiger partial charge in [0.2, 0.25) is 11.8 Å². The Bertz CT molecular complexity index is 971. The van der Waals surface area contributed by atoms with Gasteiger partial charge < -0.3 is 19.7 Å². The Hall–Kier alpha value is -3.10. The molecule has 2 aliphatic heterocycles. The number of hydrogen-bond acceptors (Lipinski definition) is 6. The Kier molecular flexibility index (Phi) is 7.47. The van der Waals surface area contributed by atoms with Crippen LogP contribution < -0.4 is 19.7 Å². The number of carbonyl (C=O) groups is 2. The second-order valence-electron chi connectivity index (χ2n) is 8.49. The number of nitrogens with zero attached hydrogens (tertiary/aromatic N) is 3. The van der Waals surface area contributed by atoms with Crippen molar-refractivity contribution in [3.8, 4) is 11.5 Å². The van der Waals surface area contributed by atoms with Crippen LogP contribution in [-0.2, 0) is 16.1 Å². The topological polar surface area (TPSA) is 74.4 Å². The third-order valence-electron chi connectivity index (χ3n) is 6.22. The molecule has 0 unspecified atom stereocenters. The fourth-order valence-electron chi connectivity index (χ4n) is 4.39. The first-order valence-electron chi connectivity index (χ1n) is 11.4. The van der Waals surface area contributed by atoms with Gasteiger partial charge in [-0.15, -0.1) is 0 Å². The van der Waals surface area contributed by atoms with Gasteiger partial charge >= 0.3 is 0 Å². The van der Waals surface area contributed by atoms with Crippen molar-refractivity contribution in [2.24, 2.45) is 0 Å². The first kappa shape index (κ1) is 23.1. The summed E-state index contributed by atoms with van der Waals surface area (Å²) in [7, 11) is 3.28. The number of methoxy groups -OCH3 is 2. The van der Waals surface area contributed by atoms with E-state index < -0.39 is 0 Å². The quantitative estimate of drug-likeness (QED) is 0.664. The molecule has 2 aliphatic rings. The summed E-state index contributed by atoms with van der Waals surface area (Å²) in [5.41, 5.74) is 2.82. The number of anilines is 2. The lowest BCUT2D eigenvalue weighted by atomic mass is 10.1. The number of piperazine rings is 1. The van der Waals surface area contributed by atoms with Gasteiger partial charge in [0, 0.05) is 57.1 Å². The molecule has 2 aromatic rings. The van der Waals surface area contributed by atoms with E-state index in [0.29, 0.717) is 13.0 Å². The molecule has 0 bridgehead atoms. The van der Waals surface area contributed by atoms with Crippen LogP contribution in [0.25, 0.3) is 0 Å². The minimum Gasteiger partial charge on any atom is -0.493 e. The third-order valence-corrected chi connectivity index (χ3v) is 6.22. The summed E-state index contributed by atoms with van der Waals surface area (Å²) >= 11 is 0. The molecule has 0 aliphatic carbocycles. The van der Waals surface area contributed by atoms with E-state index in [0.717, 1.165) is 68.6 Å². The zero-order chi connectivity index (χ0) is 23.2. The maximum absolute atomic E-state index is 12.5. The summed E-state index contributed by atoms with van der Waals surface area (Å²) < 4.78 is 10.7. The second-order valence-corrected chi connectivity index (χ2v) is 8.49. The molecule has 0 radical (unpaired) electrons. The van der Waals surface area contributed by atoms with E-state index in [-0.39, 0.29) is 11.8 Å². The minimum absolute atomic E-state index is 0.0201. The van der Waals surface area contributed by atoms with E-state index in [1.807, 2.05) is 36.4 Å². The van der Waals surface area contributed by atoms with Gasteiger partial charge in [-0.05, 0) is 48.4 Å². The Labute approximate surface area is 195 Å². The number of benzene rings is 2. The summed E-state index contributed by atoms with van der Waals surface area (Å²) in [6, 6.07) is 13.5. The highest BCUT2D eigenvalue weighted by molar-refractivity contribution is 5.96. The Balaban J connectivity index is 1.22. The summed E-state index contributed by atoms with van der Waals surface area (Å²) in [5, 5.41) is 2.97. The molecule has 8 heteroatoms. The number of hydrogen-bond donors (Lipinski definition) is 1. The van der Waals surface area contributed by atoms with Crippen LogP contribution in [0.2, 0.25) is 0 Å². The Morgan fingerprint density at radius 1 is 0.909 bits per heavy atom. The number of carbonyl (C=O) groups excluding carboxylic acids is 2. The predicted octanol–water partition coefficient (Wildman–Crippen LogP) is 2.59. The monoisotopic (exact) mass is 452 g/mol. The van der Waals surface area contributed by atoms with Crippen LogP contribution in [-0.4, -0.2) is 75.1 Å². The maximum Gasteiger partial charge on any atom is 0.238 e. The molecule has 33 heavy (non-hydrogen) atoms. The van der Waals surface area contributed by atoms with Crippen molar-refractivity contribution < 1.29 is 19.1 Å². The van der Waals surface area contributed by atoms with Crippen LogP contribution in [0.4, 0.5) is 11.4 Å². The first-order valence-corrected chi connectivity index (χ1v) is 11.4. The van der Waals surface area contributed by atoms with Crippen LogP contribution in [0.5, 0.6) is 11.5 Å². The van der Waals surface area contributed by atoms with Gasteiger partial charge in [0.15, 0.2) is 11.5 Å². The highest BCUT2D eigenvalue weighted by Gasteiger charge is 2.22. The van der Waals surface area contributed by atoms with Gasteiger partial charge in [0.1, 0.15) is 0 Å². The number of nitrogens with one attached hydrogen (secondary N) is 1. The molecule has 4 rings (SSSR count). The average Bonchev–Trinajstić information content (AvgIpc) is 3.26. The number of amides is 2. The zero-order valence-electron chi connectivity index (χ0n) is 19.4. The molecular formula is C25H32N4O4. The zero-order valence-corrected chi connectivity index (χ0v) is 19.4. The highest BCUT2D eigenvalue weighted by atomic mass is 16.5. The molecule has 2 aromatic carbocycles. The number of rotatable bonds is 8. The molecule has 2 saturated heterocycles. The third kappa shape index (κ3) is 5.83. The van der Waals surface area contributed by atoms with Crippen molar-refractivity contribution >= 4 is 23.2 Å². The molecule has 176 valence electrons. The van der Waals surface area contributed by atoms with Crippen LogP contribution in [0, 0.1) is 0 Å². The van der Waals surface area contributed by atoms with Gasteiger partial charge in [-0.1, -0.05) is 6.07 Å². The molecule has 2 fully saturated rings. The standard InChI is InChI=1S/C25H32N4O4/c1-32-22-10-5-19(16-23(22)33-2)17-27-12-14-28(15-13-27)18-24(30)26-20-6-8-21(9-7-20)29-11-3-4-25(29)31/h5-10,16H,3-4,11-15,17-18H2,1-2H3,(H,26,30). The first-order chi connectivity index (χ1) is 16.1. The van der Waals surface area contributed by atoms with Gasteiger partial charge in [-0.25, -0.2) is 0 Å². The Morgan fingerprint density at radius 3 is 2.24 bits per heavy atom. The normalized spacial score (nSPS) is 17.3. The molecule has 0 spiro atoms.